The second kappa shape index (κ2) is 6.40. The lowest BCUT2D eigenvalue weighted by Gasteiger charge is -2.28. The number of likely N-dealkylation sites (N-methyl/N-ethyl adjacent to an activating group) is 1. The zero-order valence-electron chi connectivity index (χ0n) is 13.3. The number of amides is 1. The molecule has 1 fully saturated rings. The molecule has 0 aliphatic carbocycles. The van der Waals surface area contributed by atoms with Crippen LogP contribution in [0.1, 0.15) is 19.3 Å². The topological polar surface area (TPSA) is 104 Å². The van der Waals surface area contributed by atoms with Crippen molar-refractivity contribution >= 4 is 27.0 Å². The number of nitrogens with zero attached hydrogens (tertiary/aromatic N) is 2. The third kappa shape index (κ3) is 3.22. The number of sulfonamides is 1. The summed E-state index contributed by atoms with van der Waals surface area (Å²) < 4.78 is 31.2. The average Bonchev–Trinajstić information content (AvgIpc) is 2.94. The number of hydrogen-bond donors (Lipinski definition) is 1. The Bertz CT molecular complexity index is 909. The number of aromatic nitrogens is 1. The summed E-state index contributed by atoms with van der Waals surface area (Å²) in [6.45, 7) is 1.14. The van der Waals surface area contributed by atoms with Gasteiger partial charge in [-0.1, -0.05) is 0 Å². The van der Waals surface area contributed by atoms with Gasteiger partial charge >= 0.3 is 5.76 Å². The number of fused-ring (bicyclic) bond motifs is 1. The van der Waals surface area contributed by atoms with Gasteiger partial charge in [-0.25, -0.2) is 13.2 Å². The number of hydrogen-bond acceptors (Lipinski definition) is 5. The second-order valence-corrected chi connectivity index (χ2v) is 7.92. The molecule has 1 saturated heterocycles. The number of rotatable bonds is 4. The third-order valence-electron chi connectivity index (χ3n) is 4.17. The molecule has 0 atom stereocenters. The third-order valence-corrected chi connectivity index (χ3v) is 5.97. The van der Waals surface area contributed by atoms with Gasteiger partial charge in [-0.05, 0) is 31.4 Å². The van der Waals surface area contributed by atoms with Gasteiger partial charge in [-0.2, -0.15) is 4.31 Å². The molecule has 130 valence electrons. The first-order chi connectivity index (χ1) is 11.4. The van der Waals surface area contributed by atoms with Crippen LogP contribution in [0.2, 0.25) is 0 Å². The van der Waals surface area contributed by atoms with Gasteiger partial charge in [0.05, 0.1) is 17.0 Å². The molecule has 9 heteroatoms. The van der Waals surface area contributed by atoms with Crippen LogP contribution in [0.15, 0.2) is 32.3 Å². The summed E-state index contributed by atoms with van der Waals surface area (Å²) in [5.74, 6) is -0.844. The van der Waals surface area contributed by atoms with Crippen LogP contribution in [0.4, 0.5) is 0 Å². The van der Waals surface area contributed by atoms with E-state index >= 15 is 0 Å². The molecule has 2 aromatic rings. The van der Waals surface area contributed by atoms with E-state index in [0.29, 0.717) is 18.6 Å². The number of carbonyl (C=O) groups is 1. The molecule has 24 heavy (non-hydrogen) atoms. The molecule has 8 nitrogen and oxygen atoms in total. The van der Waals surface area contributed by atoms with Gasteiger partial charge < -0.3 is 9.32 Å². The van der Waals surface area contributed by atoms with Gasteiger partial charge in [0.2, 0.25) is 15.9 Å². The standard InChI is InChI=1S/C15H19N3O5S/c1-17(10-14(19)18-7-3-2-4-8-18)24(21,22)11-5-6-12-13(9-11)23-15(20)16-12/h5-6,9H,2-4,7-8,10H2,1H3,(H,16,20). The van der Waals surface area contributed by atoms with Crippen LogP contribution >= 0.6 is 0 Å². The van der Waals surface area contributed by atoms with Crippen molar-refractivity contribution in [1.82, 2.24) is 14.2 Å². The van der Waals surface area contributed by atoms with E-state index < -0.39 is 15.8 Å². The van der Waals surface area contributed by atoms with Crippen molar-refractivity contribution in [2.45, 2.75) is 24.2 Å². The van der Waals surface area contributed by atoms with Crippen LogP contribution in [0.3, 0.4) is 0 Å². The minimum Gasteiger partial charge on any atom is -0.408 e. The summed E-state index contributed by atoms with van der Waals surface area (Å²) >= 11 is 0. The Kier molecular flexibility index (Phi) is 4.46. The van der Waals surface area contributed by atoms with E-state index in [4.69, 9.17) is 4.42 Å². The Balaban J connectivity index is 1.79. The Morgan fingerprint density at radius 1 is 1.29 bits per heavy atom. The van der Waals surface area contributed by atoms with Crippen LogP contribution in [0.25, 0.3) is 11.1 Å². The zero-order chi connectivity index (χ0) is 17.3. The first-order valence-electron chi connectivity index (χ1n) is 7.75. The molecular formula is C15H19N3O5S. The molecule has 1 N–H and O–H groups in total. The van der Waals surface area contributed by atoms with E-state index in [9.17, 15) is 18.0 Å². The molecule has 0 radical (unpaired) electrons. The van der Waals surface area contributed by atoms with E-state index in [1.54, 1.807) is 4.90 Å². The monoisotopic (exact) mass is 353 g/mol. The van der Waals surface area contributed by atoms with Gasteiger partial charge in [0.15, 0.2) is 5.58 Å². The normalized spacial score (nSPS) is 16.0. The number of aromatic amines is 1. The Hall–Kier alpha value is -2.13. The molecule has 2 heterocycles. The Labute approximate surface area is 139 Å². The first-order valence-corrected chi connectivity index (χ1v) is 9.19. The summed E-state index contributed by atoms with van der Waals surface area (Å²) in [4.78, 5) is 27.6. The maximum absolute atomic E-state index is 12.6. The minimum atomic E-state index is -3.85. The Morgan fingerprint density at radius 3 is 2.71 bits per heavy atom. The molecule has 1 aromatic heterocycles. The summed E-state index contributed by atoms with van der Waals surface area (Å²) in [6, 6.07) is 4.13. The first kappa shape index (κ1) is 16.7. The molecule has 1 amide bonds. The highest BCUT2D eigenvalue weighted by Gasteiger charge is 2.26. The fourth-order valence-corrected chi connectivity index (χ4v) is 3.92. The van der Waals surface area contributed by atoms with Crippen molar-refractivity contribution in [3.63, 3.8) is 0 Å². The van der Waals surface area contributed by atoms with Crippen LogP contribution < -0.4 is 5.76 Å². The Morgan fingerprint density at radius 2 is 2.00 bits per heavy atom. The lowest BCUT2D eigenvalue weighted by Crippen LogP contribution is -2.43. The van der Waals surface area contributed by atoms with Crippen molar-refractivity contribution in [2.24, 2.45) is 0 Å². The SMILES string of the molecule is CN(CC(=O)N1CCCCC1)S(=O)(=O)c1ccc2[nH]c(=O)oc2c1. The fraction of sp³-hybridized carbons (Fsp3) is 0.467. The lowest BCUT2D eigenvalue weighted by atomic mass is 10.1. The molecule has 0 saturated carbocycles. The number of H-pyrrole nitrogens is 1. The van der Waals surface area contributed by atoms with Crippen molar-refractivity contribution in [2.75, 3.05) is 26.7 Å². The number of oxazole rings is 1. The molecule has 1 aliphatic heterocycles. The summed E-state index contributed by atoms with van der Waals surface area (Å²) in [6.07, 6.45) is 3.00. The van der Waals surface area contributed by atoms with E-state index in [2.05, 4.69) is 4.98 Å². The van der Waals surface area contributed by atoms with Crippen molar-refractivity contribution < 1.29 is 17.6 Å². The van der Waals surface area contributed by atoms with E-state index in [1.807, 2.05) is 0 Å². The zero-order valence-corrected chi connectivity index (χ0v) is 14.1. The molecule has 0 spiro atoms. The molecule has 1 aromatic carbocycles. The summed E-state index contributed by atoms with van der Waals surface area (Å²) in [5, 5.41) is 0. The van der Waals surface area contributed by atoms with Gasteiger partial charge in [-0.3, -0.25) is 9.78 Å². The van der Waals surface area contributed by atoms with Crippen molar-refractivity contribution in [3.05, 3.63) is 28.7 Å². The number of piperidine rings is 1. The van der Waals surface area contributed by atoms with E-state index in [1.165, 1.54) is 25.2 Å². The van der Waals surface area contributed by atoms with Crippen LogP contribution in [0, 0.1) is 0 Å². The molecular weight excluding hydrogens is 334 g/mol. The fourth-order valence-electron chi connectivity index (χ4n) is 2.78. The highest BCUT2D eigenvalue weighted by atomic mass is 32.2. The summed E-state index contributed by atoms with van der Waals surface area (Å²) in [5.41, 5.74) is 0.586. The number of likely N-dealkylation sites (tertiary alicyclic amines) is 1. The number of carbonyl (C=O) groups excluding carboxylic acids is 1. The molecule has 1 aliphatic rings. The maximum Gasteiger partial charge on any atom is 0.417 e. The summed E-state index contributed by atoms with van der Waals surface area (Å²) in [7, 11) is -2.48. The lowest BCUT2D eigenvalue weighted by molar-refractivity contribution is -0.132. The smallest absolute Gasteiger partial charge is 0.408 e. The molecule has 3 rings (SSSR count). The predicted octanol–water partition coefficient (Wildman–Crippen LogP) is 0.754. The van der Waals surface area contributed by atoms with Crippen molar-refractivity contribution in [3.8, 4) is 0 Å². The van der Waals surface area contributed by atoms with Crippen molar-refractivity contribution in [1.29, 1.82) is 0 Å². The second-order valence-electron chi connectivity index (χ2n) is 5.88. The van der Waals surface area contributed by atoms with Gasteiger partial charge in [0, 0.05) is 26.2 Å². The number of nitrogens with one attached hydrogen (secondary N) is 1. The van der Waals surface area contributed by atoms with Crippen LogP contribution in [-0.4, -0.2) is 55.2 Å². The largest absolute Gasteiger partial charge is 0.417 e. The highest BCUT2D eigenvalue weighted by molar-refractivity contribution is 7.89. The predicted molar refractivity (Wildman–Crippen MR) is 87.1 cm³/mol. The van der Waals surface area contributed by atoms with Crippen LogP contribution in [-0.2, 0) is 14.8 Å². The van der Waals surface area contributed by atoms with E-state index in [0.717, 1.165) is 23.6 Å². The molecule has 0 bridgehead atoms. The van der Waals surface area contributed by atoms with Gasteiger partial charge in [0.25, 0.3) is 0 Å². The highest BCUT2D eigenvalue weighted by Crippen LogP contribution is 2.20. The maximum atomic E-state index is 12.6. The van der Waals surface area contributed by atoms with E-state index in [-0.39, 0.29) is 22.9 Å². The number of benzene rings is 1. The van der Waals surface area contributed by atoms with Gasteiger partial charge in [0.1, 0.15) is 0 Å². The van der Waals surface area contributed by atoms with Crippen LogP contribution in [0.5, 0.6) is 0 Å². The quantitative estimate of drug-likeness (QED) is 0.874. The van der Waals surface area contributed by atoms with Gasteiger partial charge in [-0.15, -0.1) is 0 Å². The minimum absolute atomic E-state index is 0.0216. The average molecular weight is 353 g/mol. The molecule has 0 unspecified atom stereocenters.